The SMILES string of the molecule is c1cc(-c2nc(-c3cccc4ccccc34)cc(-c3cccc4ccccc34)n2)cc(-n2c3ccccc3c3c2ccc2c4ccccc4n(-c4cccc5ccccc45)c23)c1. The van der Waals surface area contributed by atoms with Gasteiger partial charge in [-0.3, -0.25) is 0 Å². The third-order valence-electron chi connectivity index (χ3n) is 12.7. The van der Waals surface area contributed by atoms with E-state index < -0.39 is 0 Å². The highest BCUT2D eigenvalue weighted by atomic mass is 15.0. The van der Waals surface area contributed by atoms with Crippen molar-refractivity contribution in [3.63, 3.8) is 0 Å². The van der Waals surface area contributed by atoms with Gasteiger partial charge in [0.1, 0.15) is 0 Å². The van der Waals surface area contributed by atoms with E-state index in [0.717, 1.165) is 55.6 Å². The predicted octanol–water partition coefficient (Wildman–Crippen LogP) is 15.1. The van der Waals surface area contributed by atoms with E-state index in [1.54, 1.807) is 0 Å². The van der Waals surface area contributed by atoms with Crippen LogP contribution >= 0.6 is 0 Å². The molecule has 0 unspecified atom stereocenters. The maximum Gasteiger partial charge on any atom is 0.160 e. The van der Waals surface area contributed by atoms with Gasteiger partial charge in [-0.05, 0) is 69.4 Å². The fraction of sp³-hybridized carbons (Fsp3) is 0. The highest BCUT2D eigenvalue weighted by Crippen LogP contribution is 2.43. The van der Waals surface area contributed by atoms with Crippen LogP contribution in [-0.2, 0) is 0 Å². The highest BCUT2D eigenvalue weighted by molar-refractivity contribution is 6.26. The molecule has 0 radical (unpaired) electrons. The van der Waals surface area contributed by atoms with Gasteiger partial charge in [0, 0.05) is 49.3 Å². The summed E-state index contributed by atoms with van der Waals surface area (Å²) in [4.78, 5) is 10.8. The van der Waals surface area contributed by atoms with Crippen LogP contribution in [0.4, 0.5) is 0 Å². The Balaban J connectivity index is 1.07. The summed E-state index contributed by atoms with van der Waals surface area (Å²) in [6.45, 7) is 0. The van der Waals surface area contributed by atoms with E-state index in [9.17, 15) is 0 Å². The van der Waals surface area contributed by atoms with E-state index in [4.69, 9.17) is 9.97 Å². The molecule has 0 atom stereocenters. The maximum atomic E-state index is 5.39. The first-order valence-electron chi connectivity index (χ1n) is 21.2. The molecule has 0 saturated carbocycles. The van der Waals surface area contributed by atoms with E-state index in [2.05, 4.69) is 228 Å². The van der Waals surface area contributed by atoms with E-state index >= 15 is 0 Å². The van der Waals surface area contributed by atoms with Crippen molar-refractivity contribution < 1.29 is 0 Å². The number of aromatic nitrogens is 4. The van der Waals surface area contributed by atoms with Gasteiger partial charge in [-0.2, -0.15) is 0 Å². The molecule has 13 rings (SSSR count). The second kappa shape index (κ2) is 13.6. The van der Waals surface area contributed by atoms with Crippen LogP contribution in [0.5, 0.6) is 0 Å². The van der Waals surface area contributed by atoms with Gasteiger partial charge in [0.15, 0.2) is 5.82 Å². The minimum atomic E-state index is 0.680. The second-order valence-electron chi connectivity index (χ2n) is 16.1. The molecule has 0 spiro atoms. The van der Waals surface area contributed by atoms with Crippen molar-refractivity contribution in [1.29, 1.82) is 0 Å². The Labute approximate surface area is 357 Å². The molecule has 0 aliphatic heterocycles. The molecule has 288 valence electrons. The Kier molecular flexibility index (Phi) is 7.57. The normalized spacial score (nSPS) is 11.9. The number of rotatable bonds is 5. The Bertz CT molecular complexity index is 3830. The minimum absolute atomic E-state index is 0.680. The molecule has 0 bridgehead atoms. The Morgan fingerprint density at radius 2 is 0.839 bits per heavy atom. The monoisotopic (exact) mass is 788 g/mol. The molecule has 13 aromatic rings. The molecule has 0 aliphatic rings. The number of fused-ring (bicyclic) bond motifs is 10. The van der Waals surface area contributed by atoms with E-state index in [1.165, 1.54) is 59.8 Å². The Morgan fingerprint density at radius 3 is 1.52 bits per heavy atom. The average molecular weight is 789 g/mol. The van der Waals surface area contributed by atoms with Crippen molar-refractivity contribution in [2.75, 3.05) is 0 Å². The van der Waals surface area contributed by atoms with Crippen molar-refractivity contribution in [2.45, 2.75) is 0 Å². The van der Waals surface area contributed by atoms with Gasteiger partial charge < -0.3 is 9.13 Å². The fourth-order valence-electron chi connectivity index (χ4n) is 9.97. The van der Waals surface area contributed by atoms with E-state index in [-0.39, 0.29) is 0 Å². The summed E-state index contributed by atoms with van der Waals surface area (Å²) < 4.78 is 4.91. The lowest BCUT2D eigenvalue weighted by Crippen LogP contribution is -1.99. The zero-order chi connectivity index (χ0) is 40.7. The summed E-state index contributed by atoms with van der Waals surface area (Å²) >= 11 is 0. The zero-order valence-electron chi connectivity index (χ0n) is 33.6. The fourth-order valence-corrected chi connectivity index (χ4v) is 9.97. The molecular formula is C58H36N4. The average Bonchev–Trinajstić information content (AvgIpc) is 3.86. The molecule has 0 fully saturated rings. The van der Waals surface area contributed by atoms with Gasteiger partial charge in [0.05, 0.1) is 39.1 Å². The molecule has 0 N–H and O–H groups in total. The van der Waals surface area contributed by atoms with E-state index in [1.807, 2.05) is 0 Å². The van der Waals surface area contributed by atoms with Crippen molar-refractivity contribution in [3.8, 4) is 45.3 Å². The van der Waals surface area contributed by atoms with Gasteiger partial charge in [0.2, 0.25) is 0 Å². The number of nitrogens with zero attached hydrogens (tertiary/aromatic N) is 4. The minimum Gasteiger partial charge on any atom is -0.309 e. The van der Waals surface area contributed by atoms with Crippen molar-refractivity contribution in [2.24, 2.45) is 0 Å². The molecule has 4 nitrogen and oxygen atoms in total. The van der Waals surface area contributed by atoms with Crippen molar-refractivity contribution >= 4 is 75.9 Å². The topological polar surface area (TPSA) is 35.6 Å². The van der Waals surface area contributed by atoms with Crippen LogP contribution in [-0.4, -0.2) is 19.1 Å². The molecule has 10 aromatic carbocycles. The molecule has 0 aliphatic carbocycles. The number of benzene rings is 10. The first kappa shape index (κ1) is 34.5. The summed E-state index contributed by atoms with van der Waals surface area (Å²) in [5.74, 6) is 0.680. The van der Waals surface area contributed by atoms with Crippen LogP contribution in [0.3, 0.4) is 0 Å². The second-order valence-corrected chi connectivity index (χ2v) is 16.1. The first-order chi connectivity index (χ1) is 30.8. The Morgan fingerprint density at radius 1 is 0.323 bits per heavy atom. The lowest BCUT2D eigenvalue weighted by atomic mass is 9.98. The standard InChI is InChI=1S/C58H36N4/c1-4-23-42-37(15-1)18-12-28-45(42)50-36-51(46-29-13-19-38-16-2-5-24-43(38)46)60-58(59-50)40-21-11-22-41(35-40)61-54-31-10-8-27-49(54)56-55(61)34-33-48-47-26-7-9-30-53(47)62(57(48)56)52-32-14-20-39-17-3-6-25-44(39)52/h1-36H. The van der Waals surface area contributed by atoms with Crippen LogP contribution in [0, 0.1) is 0 Å². The summed E-state index contributed by atoms with van der Waals surface area (Å²) in [6.07, 6.45) is 0. The van der Waals surface area contributed by atoms with Gasteiger partial charge in [0.25, 0.3) is 0 Å². The largest absolute Gasteiger partial charge is 0.309 e. The van der Waals surface area contributed by atoms with Crippen LogP contribution in [0.25, 0.3) is 121 Å². The van der Waals surface area contributed by atoms with Gasteiger partial charge >= 0.3 is 0 Å². The summed E-state index contributed by atoms with van der Waals surface area (Å²) in [5.41, 5.74) is 11.8. The molecule has 62 heavy (non-hydrogen) atoms. The molecule has 4 heteroatoms. The smallest absolute Gasteiger partial charge is 0.160 e. The van der Waals surface area contributed by atoms with E-state index in [0.29, 0.717) is 5.82 Å². The number of hydrogen-bond acceptors (Lipinski definition) is 2. The first-order valence-corrected chi connectivity index (χ1v) is 21.2. The van der Waals surface area contributed by atoms with Crippen LogP contribution in [0.15, 0.2) is 218 Å². The summed E-state index contributed by atoms with van der Waals surface area (Å²) in [7, 11) is 0. The Hall–Kier alpha value is -8.34. The van der Waals surface area contributed by atoms with Crippen LogP contribution < -0.4 is 0 Å². The maximum absolute atomic E-state index is 5.39. The summed E-state index contributed by atoms with van der Waals surface area (Å²) in [5, 5.41) is 12.0. The number of hydrogen-bond donors (Lipinski definition) is 0. The molecule has 0 amide bonds. The lowest BCUT2D eigenvalue weighted by Gasteiger charge is -2.14. The quantitative estimate of drug-likeness (QED) is 0.174. The predicted molar refractivity (Wildman–Crippen MR) is 260 cm³/mol. The molecule has 3 heterocycles. The zero-order valence-corrected chi connectivity index (χ0v) is 33.6. The van der Waals surface area contributed by atoms with Gasteiger partial charge in [-0.1, -0.05) is 176 Å². The third kappa shape index (κ3) is 5.20. The number of para-hydroxylation sites is 2. The molecular weight excluding hydrogens is 753 g/mol. The third-order valence-corrected chi connectivity index (χ3v) is 12.7. The van der Waals surface area contributed by atoms with Gasteiger partial charge in [-0.15, -0.1) is 0 Å². The lowest BCUT2D eigenvalue weighted by molar-refractivity contribution is 1.16. The van der Waals surface area contributed by atoms with Crippen molar-refractivity contribution in [1.82, 2.24) is 19.1 Å². The highest BCUT2D eigenvalue weighted by Gasteiger charge is 2.22. The summed E-state index contributed by atoms with van der Waals surface area (Å²) in [6, 6.07) is 78.5. The van der Waals surface area contributed by atoms with Gasteiger partial charge in [-0.25, -0.2) is 9.97 Å². The molecule has 0 saturated heterocycles. The van der Waals surface area contributed by atoms with Crippen molar-refractivity contribution in [3.05, 3.63) is 218 Å². The van der Waals surface area contributed by atoms with Crippen LogP contribution in [0.1, 0.15) is 0 Å². The molecule has 3 aromatic heterocycles. The van der Waals surface area contributed by atoms with Crippen LogP contribution in [0.2, 0.25) is 0 Å².